The van der Waals surface area contributed by atoms with E-state index in [0.29, 0.717) is 34.4 Å². The van der Waals surface area contributed by atoms with Crippen LogP contribution >= 0.6 is 0 Å². The van der Waals surface area contributed by atoms with Crippen molar-refractivity contribution in [3.05, 3.63) is 96.3 Å². The Morgan fingerprint density at radius 3 is 2.09 bits per heavy atom. The third-order valence-corrected chi connectivity index (χ3v) is 7.42. The van der Waals surface area contributed by atoms with Crippen LogP contribution in [0, 0.1) is 5.92 Å². The standard InChI is InChI=1S/C28H29N3O4/c32-26(30-24-11-15-29-16-12-24)20-31-17-13-21(14-18-31)25(19-31)35-27(33)28(34,22-7-3-1-4-8-22)23-9-5-2-6-10-23/h1-12,15-16,21,25,34H,13-14,17-20H2/p+1/t21?,25-,31?/m0/s1. The predicted molar refractivity (Wildman–Crippen MR) is 131 cm³/mol. The predicted octanol–water partition coefficient (Wildman–Crippen LogP) is 3.11. The van der Waals surface area contributed by atoms with Crippen molar-refractivity contribution in [2.24, 2.45) is 5.92 Å². The van der Waals surface area contributed by atoms with E-state index in [0.717, 1.165) is 25.9 Å². The van der Waals surface area contributed by atoms with Gasteiger partial charge in [0.15, 0.2) is 12.6 Å². The van der Waals surface area contributed by atoms with E-state index >= 15 is 0 Å². The van der Waals surface area contributed by atoms with Crippen molar-refractivity contribution >= 4 is 17.6 Å². The van der Waals surface area contributed by atoms with Gasteiger partial charge < -0.3 is 19.6 Å². The first-order valence-corrected chi connectivity index (χ1v) is 12.1. The van der Waals surface area contributed by atoms with Gasteiger partial charge in [-0.1, -0.05) is 60.7 Å². The maximum absolute atomic E-state index is 13.6. The highest BCUT2D eigenvalue weighted by Gasteiger charge is 2.51. The molecule has 7 heteroatoms. The van der Waals surface area contributed by atoms with E-state index in [9.17, 15) is 14.7 Å². The fourth-order valence-corrected chi connectivity index (χ4v) is 5.50. The zero-order valence-corrected chi connectivity index (χ0v) is 19.5. The first-order chi connectivity index (χ1) is 17.0. The molecule has 2 N–H and O–H groups in total. The fraction of sp³-hybridized carbons (Fsp3) is 0.321. The third-order valence-electron chi connectivity index (χ3n) is 7.42. The third kappa shape index (κ3) is 4.70. The monoisotopic (exact) mass is 472 g/mol. The van der Waals surface area contributed by atoms with Gasteiger partial charge in [0.05, 0.1) is 13.1 Å². The lowest BCUT2D eigenvalue weighted by Crippen LogP contribution is -2.66. The summed E-state index contributed by atoms with van der Waals surface area (Å²) < 4.78 is 6.66. The van der Waals surface area contributed by atoms with E-state index in [2.05, 4.69) is 10.3 Å². The molecule has 0 radical (unpaired) electrons. The first kappa shape index (κ1) is 23.2. The number of hydrogen-bond donors (Lipinski definition) is 2. The molecule has 180 valence electrons. The molecule has 4 heterocycles. The van der Waals surface area contributed by atoms with Crippen LogP contribution in [0.4, 0.5) is 5.69 Å². The Morgan fingerprint density at radius 2 is 1.51 bits per heavy atom. The summed E-state index contributed by atoms with van der Waals surface area (Å²) in [5.74, 6) is -0.502. The first-order valence-electron chi connectivity index (χ1n) is 12.1. The van der Waals surface area contributed by atoms with Crippen molar-refractivity contribution in [1.29, 1.82) is 0 Å². The van der Waals surface area contributed by atoms with Gasteiger partial charge in [0.2, 0.25) is 5.60 Å². The molecule has 3 fully saturated rings. The van der Waals surface area contributed by atoms with Crippen LogP contribution in [0.25, 0.3) is 0 Å². The van der Waals surface area contributed by atoms with Gasteiger partial charge in [0.25, 0.3) is 5.91 Å². The van der Waals surface area contributed by atoms with E-state index in [-0.39, 0.29) is 17.9 Å². The number of nitrogens with one attached hydrogen (secondary N) is 1. The summed E-state index contributed by atoms with van der Waals surface area (Å²) in [6.45, 7) is 2.65. The van der Waals surface area contributed by atoms with Crippen LogP contribution in [0.1, 0.15) is 24.0 Å². The number of hydrogen-bond acceptors (Lipinski definition) is 5. The lowest BCUT2D eigenvalue weighted by atomic mass is 9.82. The minimum atomic E-state index is -1.90. The van der Waals surface area contributed by atoms with Gasteiger partial charge in [-0.05, 0) is 23.3 Å². The highest BCUT2D eigenvalue weighted by atomic mass is 16.6. The van der Waals surface area contributed by atoms with Crippen molar-refractivity contribution in [1.82, 2.24) is 4.98 Å². The van der Waals surface area contributed by atoms with E-state index < -0.39 is 11.6 Å². The van der Waals surface area contributed by atoms with Gasteiger partial charge in [0, 0.05) is 36.8 Å². The molecule has 35 heavy (non-hydrogen) atoms. The molecule has 1 atom stereocenters. The molecule has 3 saturated heterocycles. The normalized spacial score (nSPS) is 23.5. The molecule has 0 unspecified atom stereocenters. The molecule has 3 aromatic rings. The van der Waals surface area contributed by atoms with Gasteiger partial charge in [-0.15, -0.1) is 0 Å². The second-order valence-electron chi connectivity index (χ2n) is 9.64. The molecule has 3 aliphatic heterocycles. The number of carbonyl (C=O) groups excluding carboxylic acids is 2. The van der Waals surface area contributed by atoms with E-state index in [1.165, 1.54) is 0 Å². The van der Waals surface area contributed by atoms with E-state index in [1.54, 1.807) is 73.1 Å². The Kier molecular flexibility index (Phi) is 6.36. The number of carbonyl (C=O) groups is 2. The molecular formula is C28H30N3O4+. The Hall–Kier alpha value is -3.55. The number of pyridine rings is 1. The number of anilines is 1. The smallest absolute Gasteiger partial charge is 0.348 e. The summed E-state index contributed by atoms with van der Waals surface area (Å²) >= 11 is 0. The number of fused-ring (bicyclic) bond motifs is 3. The summed E-state index contributed by atoms with van der Waals surface area (Å²) in [6.07, 6.45) is 4.71. The molecule has 2 aromatic carbocycles. The molecular weight excluding hydrogens is 442 g/mol. The summed E-state index contributed by atoms with van der Waals surface area (Å²) in [4.78, 5) is 30.4. The Balaban J connectivity index is 1.34. The average molecular weight is 473 g/mol. The Morgan fingerprint density at radius 1 is 0.943 bits per heavy atom. The molecule has 7 nitrogen and oxygen atoms in total. The van der Waals surface area contributed by atoms with Gasteiger partial charge in [-0.25, -0.2) is 4.79 Å². The highest BCUT2D eigenvalue weighted by Crippen LogP contribution is 2.38. The van der Waals surface area contributed by atoms with E-state index in [4.69, 9.17) is 4.74 Å². The zero-order valence-electron chi connectivity index (χ0n) is 19.5. The quantitative estimate of drug-likeness (QED) is 0.408. The topological polar surface area (TPSA) is 88.5 Å². The van der Waals surface area contributed by atoms with Crippen LogP contribution in [0.5, 0.6) is 0 Å². The SMILES string of the molecule is O=C(C[N+]12CCC(CC1)[C@@H](OC(=O)C(O)(c1ccccc1)c1ccccc1)C2)Nc1ccncc1. The van der Waals surface area contributed by atoms with Crippen LogP contribution < -0.4 is 5.32 Å². The number of benzene rings is 2. The number of ether oxygens (including phenoxy) is 1. The molecule has 1 amide bonds. The van der Waals surface area contributed by atoms with Crippen molar-refractivity contribution in [3.8, 4) is 0 Å². The molecule has 1 aromatic heterocycles. The number of esters is 1. The summed E-state index contributed by atoms with van der Waals surface area (Å²) in [5, 5.41) is 14.7. The minimum absolute atomic E-state index is 0.0632. The number of piperidine rings is 3. The van der Waals surface area contributed by atoms with Gasteiger partial charge in [-0.2, -0.15) is 0 Å². The molecule has 3 aliphatic rings. The maximum Gasteiger partial charge on any atom is 0.348 e. The maximum atomic E-state index is 13.6. The minimum Gasteiger partial charge on any atom is -0.453 e. The summed E-state index contributed by atoms with van der Waals surface area (Å²) in [5.41, 5.74) is -0.247. The van der Waals surface area contributed by atoms with Crippen molar-refractivity contribution in [3.63, 3.8) is 0 Å². The number of quaternary nitrogens is 1. The largest absolute Gasteiger partial charge is 0.453 e. The summed E-state index contributed by atoms with van der Waals surface area (Å²) in [6, 6.07) is 21.4. The zero-order chi connectivity index (χ0) is 24.3. The lowest BCUT2D eigenvalue weighted by Gasteiger charge is -2.51. The lowest BCUT2D eigenvalue weighted by molar-refractivity contribution is -0.939. The number of aromatic nitrogens is 1. The van der Waals surface area contributed by atoms with Crippen LogP contribution in [0.15, 0.2) is 85.2 Å². The molecule has 0 spiro atoms. The van der Waals surface area contributed by atoms with Crippen molar-refractivity contribution in [2.45, 2.75) is 24.5 Å². The van der Waals surface area contributed by atoms with Gasteiger partial charge in [-0.3, -0.25) is 9.78 Å². The number of nitrogens with zero attached hydrogens (tertiary/aromatic N) is 2. The van der Waals surface area contributed by atoms with Crippen LogP contribution in [0.3, 0.4) is 0 Å². The number of amides is 1. The second kappa shape index (κ2) is 9.60. The van der Waals surface area contributed by atoms with Crippen molar-refractivity contribution in [2.75, 3.05) is 31.5 Å². The highest BCUT2D eigenvalue weighted by molar-refractivity contribution is 5.91. The summed E-state index contributed by atoms with van der Waals surface area (Å²) in [7, 11) is 0. The van der Waals surface area contributed by atoms with E-state index in [1.807, 2.05) is 12.1 Å². The number of rotatable bonds is 7. The van der Waals surface area contributed by atoms with Crippen LogP contribution in [-0.2, 0) is 19.9 Å². The van der Waals surface area contributed by atoms with Crippen LogP contribution in [-0.4, -0.2) is 58.7 Å². The van der Waals surface area contributed by atoms with Gasteiger partial charge >= 0.3 is 5.97 Å². The van der Waals surface area contributed by atoms with Gasteiger partial charge in [0.1, 0.15) is 6.54 Å². The number of aliphatic hydroxyl groups is 1. The molecule has 6 rings (SSSR count). The molecule has 0 aliphatic carbocycles. The Labute approximate surface area is 205 Å². The fourth-order valence-electron chi connectivity index (χ4n) is 5.50. The molecule has 2 bridgehead atoms. The second-order valence-corrected chi connectivity index (χ2v) is 9.64. The Bertz CT molecular complexity index is 1120. The average Bonchev–Trinajstić information content (AvgIpc) is 2.90. The molecule has 0 saturated carbocycles. The van der Waals surface area contributed by atoms with Crippen molar-refractivity contribution < 1.29 is 23.9 Å². The van der Waals surface area contributed by atoms with Crippen LogP contribution in [0.2, 0.25) is 0 Å².